The Hall–Kier alpha value is -0.230. The molecule has 42 valence electrons. The largest absolute Gasteiger partial charge is 0.147 e. The molecule has 0 spiro atoms. The van der Waals surface area contributed by atoms with E-state index in [1.807, 2.05) is 13.0 Å². The van der Waals surface area contributed by atoms with E-state index in [0.29, 0.717) is 0 Å². The molecule has 0 aliphatic carbocycles. The van der Waals surface area contributed by atoms with Crippen LogP contribution in [-0.4, -0.2) is 0 Å². The van der Waals surface area contributed by atoms with E-state index >= 15 is 0 Å². The first-order valence-electron chi connectivity index (χ1n) is 2.02. The molecule has 1 heteroatoms. The van der Waals surface area contributed by atoms with Gasteiger partial charge in [0.05, 0.1) is 0 Å². The molecule has 0 bridgehead atoms. The van der Waals surface area contributed by atoms with Crippen LogP contribution in [0.25, 0.3) is 0 Å². The smallest absolute Gasteiger partial charge is 0.0147 e. The van der Waals surface area contributed by atoms with Crippen LogP contribution in [0, 0.1) is 0 Å². The van der Waals surface area contributed by atoms with Crippen molar-refractivity contribution in [3.05, 3.63) is 24.8 Å². The number of allylic oxidation sites excluding steroid dienone is 2. The molecule has 0 fully saturated rings. The summed E-state index contributed by atoms with van der Waals surface area (Å²) >= 11 is 0. The fourth-order valence-electron chi connectivity index (χ4n) is 0.246. The van der Waals surface area contributed by atoms with Gasteiger partial charge in [0.15, 0.2) is 0 Å². The molecule has 0 N–H and O–H groups in total. The molecule has 0 aliphatic heterocycles. The van der Waals surface area contributed by atoms with E-state index < -0.39 is 0 Å². The van der Waals surface area contributed by atoms with Gasteiger partial charge < -0.3 is 0 Å². The van der Waals surface area contributed by atoms with Gasteiger partial charge in [0.2, 0.25) is 0 Å². The van der Waals surface area contributed by atoms with E-state index in [-0.39, 0.29) is 12.4 Å². The van der Waals surface area contributed by atoms with Gasteiger partial charge in [0, 0.05) is 0 Å². The fraction of sp³-hybridized carbons (Fsp3) is 0.333. The Labute approximate surface area is 51.3 Å². The van der Waals surface area contributed by atoms with Crippen molar-refractivity contribution in [2.24, 2.45) is 0 Å². The highest BCUT2D eigenvalue weighted by molar-refractivity contribution is 5.85. The molecule has 0 amide bonds. The first-order chi connectivity index (χ1) is 2.77. The first-order valence-corrected chi connectivity index (χ1v) is 2.02. The van der Waals surface area contributed by atoms with Gasteiger partial charge in [-0.15, -0.1) is 19.0 Å². The summed E-state index contributed by atoms with van der Waals surface area (Å²) in [6.45, 7) is 9.20. The second-order valence-corrected chi connectivity index (χ2v) is 1.45. The lowest BCUT2D eigenvalue weighted by Gasteiger charge is -1.82. The minimum atomic E-state index is 0. The Bertz CT molecular complexity index is 64.6. The van der Waals surface area contributed by atoms with Crippen molar-refractivity contribution in [1.82, 2.24) is 0 Å². The zero-order valence-electron chi connectivity index (χ0n) is 4.61. The van der Waals surface area contributed by atoms with Crippen molar-refractivity contribution in [2.75, 3.05) is 0 Å². The average molecular weight is 119 g/mol. The summed E-state index contributed by atoms with van der Waals surface area (Å²) in [6.07, 6.45) is 2.79. The molecule has 0 heterocycles. The van der Waals surface area contributed by atoms with Gasteiger partial charge in [-0.2, -0.15) is 0 Å². The van der Waals surface area contributed by atoms with Crippen LogP contribution in [0.5, 0.6) is 0 Å². The van der Waals surface area contributed by atoms with Crippen LogP contribution < -0.4 is 0 Å². The second kappa shape index (κ2) is 5.77. The summed E-state index contributed by atoms with van der Waals surface area (Å²) in [5.41, 5.74) is 1.17. The molecule has 0 saturated carbocycles. The predicted molar refractivity (Wildman–Crippen MR) is 36.9 cm³/mol. The third kappa shape index (κ3) is 10.7. The van der Waals surface area contributed by atoms with Crippen LogP contribution in [0.3, 0.4) is 0 Å². The monoisotopic (exact) mass is 118 g/mol. The maximum absolute atomic E-state index is 3.67. The molecule has 0 aromatic carbocycles. The standard InChI is InChI=1S/C6H10.ClH/c1-4-5-6(2)3;/h4H,1-2,5H2,3H3;1H. The zero-order chi connectivity index (χ0) is 4.99. The van der Waals surface area contributed by atoms with Gasteiger partial charge in [0.1, 0.15) is 0 Å². The van der Waals surface area contributed by atoms with Gasteiger partial charge >= 0.3 is 0 Å². The highest BCUT2D eigenvalue weighted by Crippen LogP contribution is 1.92. The minimum Gasteiger partial charge on any atom is -0.147 e. The van der Waals surface area contributed by atoms with Gasteiger partial charge in [-0.05, 0) is 13.3 Å². The lowest BCUT2D eigenvalue weighted by molar-refractivity contribution is 1.23. The van der Waals surface area contributed by atoms with Crippen LogP contribution >= 0.6 is 12.4 Å². The maximum atomic E-state index is 3.67. The molecular weight excluding hydrogens is 108 g/mol. The SMILES string of the molecule is C=CCC(=C)C.Cl. The molecule has 0 radical (unpaired) electrons. The molecule has 0 unspecified atom stereocenters. The molecule has 0 aromatic rings. The summed E-state index contributed by atoms with van der Waals surface area (Å²) < 4.78 is 0. The summed E-state index contributed by atoms with van der Waals surface area (Å²) in [6, 6.07) is 0. The highest BCUT2D eigenvalue weighted by Gasteiger charge is 1.71. The summed E-state index contributed by atoms with van der Waals surface area (Å²) in [7, 11) is 0. The summed E-state index contributed by atoms with van der Waals surface area (Å²) in [4.78, 5) is 0. The lowest BCUT2D eigenvalue weighted by atomic mass is 10.2. The van der Waals surface area contributed by atoms with Crippen molar-refractivity contribution < 1.29 is 0 Å². The quantitative estimate of drug-likeness (QED) is 0.489. The van der Waals surface area contributed by atoms with Gasteiger partial charge in [-0.25, -0.2) is 0 Å². The van der Waals surface area contributed by atoms with E-state index in [2.05, 4.69) is 13.2 Å². The molecule has 0 rings (SSSR count). The molecule has 0 saturated heterocycles. The van der Waals surface area contributed by atoms with Gasteiger partial charge in [-0.1, -0.05) is 18.2 Å². The number of halogens is 1. The Morgan fingerprint density at radius 3 is 2.14 bits per heavy atom. The van der Waals surface area contributed by atoms with E-state index in [4.69, 9.17) is 0 Å². The van der Waals surface area contributed by atoms with Crippen LogP contribution in [0.2, 0.25) is 0 Å². The van der Waals surface area contributed by atoms with Crippen LogP contribution in [0.15, 0.2) is 24.8 Å². The summed E-state index contributed by atoms with van der Waals surface area (Å²) in [5, 5.41) is 0. The molecule has 0 aliphatic rings. The number of hydrogen-bond acceptors (Lipinski definition) is 0. The van der Waals surface area contributed by atoms with Crippen LogP contribution in [0.1, 0.15) is 13.3 Å². The zero-order valence-corrected chi connectivity index (χ0v) is 5.42. The Morgan fingerprint density at radius 1 is 1.71 bits per heavy atom. The van der Waals surface area contributed by atoms with Crippen molar-refractivity contribution >= 4 is 12.4 Å². The summed E-state index contributed by atoms with van der Waals surface area (Å²) in [5.74, 6) is 0. The number of hydrogen-bond donors (Lipinski definition) is 0. The molecule has 0 nitrogen and oxygen atoms in total. The minimum absolute atomic E-state index is 0. The van der Waals surface area contributed by atoms with Gasteiger partial charge in [0.25, 0.3) is 0 Å². The maximum Gasteiger partial charge on any atom is -0.0147 e. The van der Waals surface area contributed by atoms with Gasteiger partial charge in [-0.3, -0.25) is 0 Å². The van der Waals surface area contributed by atoms with Crippen LogP contribution in [0.4, 0.5) is 0 Å². The Morgan fingerprint density at radius 2 is 2.14 bits per heavy atom. The third-order valence-electron chi connectivity index (χ3n) is 0.493. The van der Waals surface area contributed by atoms with E-state index in [1.54, 1.807) is 0 Å². The van der Waals surface area contributed by atoms with E-state index in [9.17, 15) is 0 Å². The molecule has 7 heavy (non-hydrogen) atoms. The molecule has 0 atom stereocenters. The molecular formula is C6H11Cl. The second-order valence-electron chi connectivity index (χ2n) is 1.45. The number of rotatable bonds is 2. The Balaban J connectivity index is 0. The normalized spacial score (nSPS) is 6.43. The predicted octanol–water partition coefficient (Wildman–Crippen LogP) is 2.56. The first kappa shape index (κ1) is 9.91. The highest BCUT2D eigenvalue weighted by atomic mass is 35.5. The lowest BCUT2D eigenvalue weighted by Crippen LogP contribution is -1.61. The third-order valence-corrected chi connectivity index (χ3v) is 0.493. The van der Waals surface area contributed by atoms with Crippen molar-refractivity contribution in [3.8, 4) is 0 Å². The van der Waals surface area contributed by atoms with Crippen molar-refractivity contribution in [3.63, 3.8) is 0 Å². The fourth-order valence-corrected chi connectivity index (χ4v) is 0.246. The van der Waals surface area contributed by atoms with E-state index in [1.165, 1.54) is 5.57 Å². The Kier molecular flexibility index (Phi) is 8.17. The van der Waals surface area contributed by atoms with Crippen LogP contribution in [-0.2, 0) is 0 Å². The topological polar surface area (TPSA) is 0 Å². The average Bonchev–Trinajstić information content (AvgIpc) is 1.35. The molecule has 0 aromatic heterocycles. The van der Waals surface area contributed by atoms with Crippen molar-refractivity contribution in [1.29, 1.82) is 0 Å². The van der Waals surface area contributed by atoms with E-state index in [0.717, 1.165) is 6.42 Å². The van der Waals surface area contributed by atoms with Crippen molar-refractivity contribution in [2.45, 2.75) is 13.3 Å².